The van der Waals surface area contributed by atoms with Crippen LogP contribution >= 0.6 is 0 Å². The zero-order valence-electron chi connectivity index (χ0n) is 10.2. The van der Waals surface area contributed by atoms with Crippen molar-refractivity contribution in [1.82, 2.24) is 5.32 Å². The smallest absolute Gasteiger partial charge is 0.231 e. The quantitative estimate of drug-likeness (QED) is 0.846. The number of hydrogen-bond donors (Lipinski definition) is 1. The van der Waals surface area contributed by atoms with E-state index in [1.807, 2.05) is 7.05 Å². The maximum Gasteiger partial charge on any atom is 0.231 e. The maximum atomic E-state index is 5.41. The summed E-state index contributed by atoms with van der Waals surface area (Å²) in [7, 11) is 1.97. The lowest BCUT2D eigenvalue weighted by atomic mass is 9.94. The molecule has 3 nitrogen and oxygen atoms in total. The highest BCUT2D eigenvalue weighted by Crippen LogP contribution is 2.37. The van der Waals surface area contributed by atoms with Crippen LogP contribution in [0.15, 0.2) is 12.1 Å². The Morgan fingerprint density at radius 3 is 2.56 bits per heavy atom. The minimum absolute atomic E-state index is 0.350. The van der Waals surface area contributed by atoms with Crippen molar-refractivity contribution in [2.45, 2.75) is 26.2 Å². The highest BCUT2D eigenvalue weighted by Gasteiger charge is 2.18. The van der Waals surface area contributed by atoms with Crippen LogP contribution in [0.25, 0.3) is 0 Å². The van der Waals surface area contributed by atoms with Gasteiger partial charge in [-0.25, -0.2) is 0 Å². The molecule has 88 valence electrons. The van der Waals surface area contributed by atoms with Gasteiger partial charge in [0.1, 0.15) is 0 Å². The van der Waals surface area contributed by atoms with Gasteiger partial charge in [0.25, 0.3) is 0 Å². The number of rotatable bonds is 4. The third-order valence-electron chi connectivity index (χ3n) is 2.90. The van der Waals surface area contributed by atoms with Gasteiger partial charge in [-0.3, -0.25) is 0 Å². The number of benzene rings is 1. The first-order chi connectivity index (χ1) is 7.72. The third kappa shape index (κ3) is 2.14. The molecule has 1 aromatic carbocycles. The molecule has 16 heavy (non-hydrogen) atoms. The van der Waals surface area contributed by atoms with E-state index in [1.165, 1.54) is 11.1 Å². The molecule has 1 aliphatic rings. The molecule has 0 saturated heterocycles. The molecule has 0 bridgehead atoms. The molecule has 1 N–H and O–H groups in total. The van der Waals surface area contributed by atoms with Crippen molar-refractivity contribution in [3.8, 4) is 11.5 Å². The third-order valence-corrected chi connectivity index (χ3v) is 2.90. The van der Waals surface area contributed by atoms with Crippen LogP contribution in [0.2, 0.25) is 0 Å². The molecule has 0 unspecified atom stereocenters. The first-order valence-corrected chi connectivity index (χ1v) is 5.79. The molecule has 1 aromatic rings. The van der Waals surface area contributed by atoms with Gasteiger partial charge in [-0.2, -0.15) is 0 Å². The fraction of sp³-hybridized carbons (Fsp3) is 0.538. The van der Waals surface area contributed by atoms with Crippen LogP contribution in [-0.2, 0) is 6.42 Å². The number of ether oxygens (including phenoxy) is 2. The van der Waals surface area contributed by atoms with E-state index < -0.39 is 0 Å². The van der Waals surface area contributed by atoms with Crippen molar-refractivity contribution in [1.29, 1.82) is 0 Å². The lowest BCUT2D eigenvalue weighted by molar-refractivity contribution is 0.174. The van der Waals surface area contributed by atoms with Crippen molar-refractivity contribution in [2.24, 2.45) is 0 Å². The van der Waals surface area contributed by atoms with Crippen molar-refractivity contribution in [3.63, 3.8) is 0 Å². The van der Waals surface area contributed by atoms with Crippen molar-refractivity contribution < 1.29 is 9.47 Å². The Kier molecular flexibility index (Phi) is 3.34. The molecular weight excluding hydrogens is 202 g/mol. The van der Waals surface area contributed by atoms with Gasteiger partial charge in [-0.1, -0.05) is 13.8 Å². The van der Waals surface area contributed by atoms with Crippen LogP contribution in [0, 0.1) is 0 Å². The predicted octanol–water partition coefficient (Wildman–Crippen LogP) is 2.30. The molecular formula is C13H19NO2. The van der Waals surface area contributed by atoms with E-state index in [2.05, 4.69) is 31.3 Å². The topological polar surface area (TPSA) is 30.5 Å². The number of hydrogen-bond acceptors (Lipinski definition) is 3. The average Bonchev–Trinajstić information content (AvgIpc) is 2.71. The molecule has 0 radical (unpaired) electrons. The van der Waals surface area contributed by atoms with Gasteiger partial charge >= 0.3 is 0 Å². The average molecular weight is 221 g/mol. The van der Waals surface area contributed by atoms with Crippen LogP contribution in [0.1, 0.15) is 30.9 Å². The molecule has 1 aliphatic heterocycles. The van der Waals surface area contributed by atoms with Gasteiger partial charge < -0.3 is 14.8 Å². The molecule has 1 heterocycles. The Hall–Kier alpha value is -1.22. The van der Waals surface area contributed by atoms with Crippen LogP contribution in [0.3, 0.4) is 0 Å². The number of likely N-dealkylation sites (N-methyl/N-ethyl adjacent to an activating group) is 1. The molecule has 0 spiro atoms. The summed E-state index contributed by atoms with van der Waals surface area (Å²) in [4.78, 5) is 0. The molecule has 0 amide bonds. The summed E-state index contributed by atoms with van der Waals surface area (Å²) in [6.45, 7) is 5.75. The van der Waals surface area contributed by atoms with Gasteiger partial charge in [0.05, 0.1) is 0 Å². The zero-order valence-corrected chi connectivity index (χ0v) is 10.2. The lowest BCUT2D eigenvalue weighted by Gasteiger charge is -2.13. The number of fused-ring (bicyclic) bond motifs is 1. The standard InChI is InChI=1S/C13H19NO2/c1-9(2)11-7-13-12(15-8-16-13)6-10(11)4-5-14-3/h6-7,9,14H,4-5,8H2,1-3H3. The summed E-state index contributed by atoms with van der Waals surface area (Å²) in [5.41, 5.74) is 2.72. The SMILES string of the molecule is CNCCc1cc2c(cc1C(C)C)OCO2. The van der Waals surface area contributed by atoms with Gasteiger partial charge in [-0.05, 0) is 49.2 Å². The summed E-state index contributed by atoms with van der Waals surface area (Å²) in [6, 6.07) is 4.24. The van der Waals surface area contributed by atoms with E-state index in [1.54, 1.807) is 0 Å². The molecule has 0 aromatic heterocycles. The Bertz CT molecular complexity index is 374. The molecule has 3 heteroatoms. The Balaban J connectivity index is 2.32. The van der Waals surface area contributed by atoms with E-state index in [-0.39, 0.29) is 0 Å². The first-order valence-electron chi connectivity index (χ1n) is 5.79. The summed E-state index contributed by atoms with van der Waals surface area (Å²) < 4.78 is 10.8. The fourth-order valence-electron chi connectivity index (χ4n) is 2.01. The van der Waals surface area contributed by atoms with Gasteiger partial charge in [0, 0.05) is 0 Å². The molecule has 2 rings (SSSR count). The van der Waals surface area contributed by atoms with E-state index in [0.717, 1.165) is 24.5 Å². The van der Waals surface area contributed by atoms with Gasteiger partial charge in [-0.15, -0.1) is 0 Å². The van der Waals surface area contributed by atoms with E-state index in [9.17, 15) is 0 Å². The molecule has 0 fully saturated rings. The lowest BCUT2D eigenvalue weighted by Crippen LogP contribution is -2.11. The summed E-state index contributed by atoms with van der Waals surface area (Å²) >= 11 is 0. The van der Waals surface area contributed by atoms with Crippen LogP contribution < -0.4 is 14.8 Å². The van der Waals surface area contributed by atoms with Crippen LogP contribution in [-0.4, -0.2) is 20.4 Å². The fourth-order valence-corrected chi connectivity index (χ4v) is 2.01. The van der Waals surface area contributed by atoms with E-state index in [4.69, 9.17) is 9.47 Å². The van der Waals surface area contributed by atoms with E-state index in [0.29, 0.717) is 12.7 Å². The summed E-state index contributed by atoms with van der Waals surface area (Å²) in [6.07, 6.45) is 1.03. The second-order valence-corrected chi connectivity index (χ2v) is 4.41. The molecule has 0 saturated carbocycles. The maximum absolute atomic E-state index is 5.41. The monoisotopic (exact) mass is 221 g/mol. The van der Waals surface area contributed by atoms with Gasteiger partial charge in [0.2, 0.25) is 6.79 Å². The van der Waals surface area contributed by atoms with E-state index >= 15 is 0 Å². The first kappa shape index (κ1) is 11.3. The second-order valence-electron chi connectivity index (χ2n) is 4.41. The second kappa shape index (κ2) is 4.74. The van der Waals surface area contributed by atoms with Crippen molar-refractivity contribution in [2.75, 3.05) is 20.4 Å². The summed E-state index contributed by atoms with van der Waals surface area (Å²) in [5.74, 6) is 2.29. The number of nitrogens with one attached hydrogen (secondary N) is 1. The van der Waals surface area contributed by atoms with Gasteiger partial charge in [0.15, 0.2) is 11.5 Å². The minimum Gasteiger partial charge on any atom is -0.454 e. The summed E-state index contributed by atoms with van der Waals surface area (Å²) in [5, 5.41) is 3.18. The Morgan fingerprint density at radius 1 is 1.25 bits per heavy atom. The minimum atomic E-state index is 0.350. The molecule has 0 atom stereocenters. The molecule has 0 aliphatic carbocycles. The van der Waals surface area contributed by atoms with Crippen molar-refractivity contribution >= 4 is 0 Å². The zero-order chi connectivity index (χ0) is 11.5. The van der Waals surface area contributed by atoms with Crippen molar-refractivity contribution in [3.05, 3.63) is 23.3 Å². The normalized spacial score (nSPS) is 13.5. The van der Waals surface area contributed by atoms with Crippen LogP contribution in [0.5, 0.6) is 11.5 Å². The van der Waals surface area contributed by atoms with Crippen LogP contribution in [0.4, 0.5) is 0 Å². The Labute approximate surface area is 96.8 Å². The predicted molar refractivity (Wildman–Crippen MR) is 64.3 cm³/mol. The largest absolute Gasteiger partial charge is 0.454 e. The highest BCUT2D eigenvalue weighted by molar-refractivity contribution is 5.49. The Morgan fingerprint density at radius 2 is 1.94 bits per heavy atom. The highest BCUT2D eigenvalue weighted by atomic mass is 16.7.